The molecule has 1 rings (SSSR count). The van der Waals surface area contributed by atoms with Crippen molar-refractivity contribution in [2.75, 3.05) is 25.0 Å². The summed E-state index contributed by atoms with van der Waals surface area (Å²) >= 11 is 0. The van der Waals surface area contributed by atoms with Crippen LogP contribution in [-0.2, 0) is 29.0 Å². The van der Waals surface area contributed by atoms with E-state index in [1.165, 1.54) is 42.4 Å². The number of nitrogens with one attached hydrogen (secondary N) is 2. The number of hydrogen-bond acceptors (Lipinski definition) is 9. The summed E-state index contributed by atoms with van der Waals surface area (Å²) in [4.78, 5) is 36.6. The van der Waals surface area contributed by atoms with Gasteiger partial charge in [0.15, 0.2) is 0 Å². The first-order chi connectivity index (χ1) is 19.5. The van der Waals surface area contributed by atoms with Gasteiger partial charge < -0.3 is 25.3 Å². The summed E-state index contributed by atoms with van der Waals surface area (Å²) in [5.74, 6) is -0.690. The molecule has 246 valence electrons. The minimum atomic E-state index is -4.05. The predicted molar refractivity (Wildman–Crippen MR) is 166 cm³/mol. The summed E-state index contributed by atoms with van der Waals surface area (Å²) in [7, 11) is -4.05. The van der Waals surface area contributed by atoms with E-state index in [0.717, 1.165) is 0 Å². The Morgan fingerprint density at radius 1 is 0.884 bits per heavy atom. The number of benzene rings is 1. The minimum absolute atomic E-state index is 0.0185. The molecule has 0 aliphatic carbocycles. The zero-order valence-corrected chi connectivity index (χ0v) is 28.2. The number of ether oxygens (including phenoxy) is 3. The van der Waals surface area contributed by atoms with Gasteiger partial charge in [0.1, 0.15) is 23.3 Å². The molecule has 2 amide bonds. The van der Waals surface area contributed by atoms with Crippen LogP contribution in [0.2, 0.25) is 0 Å². The second kappa shape index (κ2) is 15.7. The van der Waals surface area contributed by atoms with Crippen LogP contribution in [0.15, 0.2) is 29.2 Å². The summed E-state index contributed by atoms with van der Waals surface area (Å²) in [6.07, 6.45) is 0.255. The number of carbonyl (C=O) groups is 3. The highest BCUT2D eigenvalue weighted by Crippen LogP contribution is 2.25. The summed E-state index contributed by atoms with van der Waals surface area (Å²) in [5.41, 5.74) is 3.71. The molecule has 43 heavy (non-hydrogen) atoms. The molecule has 1 atom stereocenters. The smallest absolute Gasteiger partial charge is 0.412 e. The standard InChI is InChI=1S/C30H52N4O8S/c1-21(2)19-34(43(38,39)24-16-14-22(15-17-24)33-27(37)42-29(6,7)8)23(20-40-25(35)30(9,10)31)13-11-12-18-32-26(36)41-28(3,4)5/h14-17,21,23H,11-13,18-20,31H2,1-10H3,(H,32,36)(H,33,37). The Balaban J connectivity index is 3.16. The fraction of sp³-hybridized carbons (Fsp3) is 0.700. The average Bonchev–Trinajstić information content (AvgIpc) is 2.81. The van der Waals surface area contributed by atoms with E-state index in [0.29, 0.717) is 31.5 Å². The highest BCUT2D eigenvalue weighted by atomic mass is 32.2. The number of unbranched alkanes of at least 4 members (excludes halogenated alkanes) is 1. The molecule has 0 fully saturated rings. The van der Waals surface area contributed by atoms with E-state index >= 15 is 0 Å². The second-order valence-electron chi connectivity index (χ2n) is 13.5. The number of rotatable bonds is 14. The summed E-state index contributed by atoms with van der Waals surface area (Å²) < 4.78 is 45.3. The van der Waals surface area contributed by atoms with Crippen molar-refractivity contribution >= 4 is 33.9 Å². The molecule has 0 aromatic heterocycles. The van der Waals surface area contributed by atoms with Crippen LogP contribution < -0.4 is 16.4 Å². The van der Waals surface area contributed by atoms with Gasteiger partial charge in [0.25, 0.3) is 0 Å². The van der Waals surface area contributed by atoms with E-state index in [2.05, 4.69) is 10.6 Å². The molecule has 0 saturated heterocycles. The molecule has 4 N–H and O–H groups in total. The number of carbonyl (C=O) groups excluding carboxylic acids is 3. The largest absolute Gasteiger partial charge is 0.463 e. The van der Waals surface area contributed by atoms with Crippen LogP contribution in [0.1, 0.15) is 88.5 Å². The van der Waals surface area contributed by atoms with Gasteiger partial charge in [-0.25, -0.2) is 18.0 Å². The Bertz CT molecular complexity index is 1160. The Labute approximate surface area is 257 Å². The van der Waals surface area contributed by atoms with Gasteiger partial charge in [-0.2, -0.15) is 4.31 Å². The lowest BCUT2D eigenvalue weighted by Crippen LogP contribution is -2.48. The molecule has 0 aliphatic rings. The van der Waals surface area contributed by atoms with E-state index in [-0.39, 0.29) is 24.0 Å². The molecule has 12 nitrogen and oxygen atoms in total. The minimum Gasteiger partial charge on any atom is -0.463 e. The first kappa shape index (κ1) is 38.1. The molecule has 13 heteroatoms. The van der Waals surface area contributed by atoms with Crippen molar-refractivity contribution in [2.45, 2.75) is 116 Å². The lowest BCUT2D eigenvalue weighted by atomic mass is 10.1. The molecule has 0 spiro atoms. The number of alkyl carbamates (subject to hydrolysis) is 1. The normalized spacial score (nSPS) is 13.4. The van der Waals surface area contributed by atoms with Crippen molar-refractivity contribution in [1.82, 2.24) is 9.62 Å². The van der Waals surface area contributed by atoms with Gasteiger partial charge in [0.2, 0.25) is 10.0 Å². The van der Waals surface area contributed by atoms with E-state index in [9.17, 15) is 22.8 Å². The topological polar surface area (TPSA) is 166 Å². The maximum Gasteiger partial charge on any atom is 0.412 e. The first-order valence-corrected chi connectivity index (χ1v) is 16.0. The SMILES string of the molecule is CC(C)CN(C(CCCCNC(=O)OC(C)(C)C)COC(=O)C(C)(C)N)S(=O)(=O)c1ccc(NC(=O)OC(C)(C)C)cc1. The highest BCUT2D eigenvalue weighted by molar-refractivity contribution is 7.89. The third-order valence-corrected chi connectivity index (χ3v) is 7.56. The molecule has 1 aromatic rings. The average molecular weight is 629 g/mol. The number of anilines is 1. The summed E-state index contributed by atoms with van der Waals surface area (Å²) in [5, 5.41) is 5.29. The maximum atomic E-state index is 14.0. The number of amides is 2. The molecular formula is C30H52N4O8S. The van der Waals surface area contributed by atoms with Crippen molar-refractivity contribution in [2.24, 2.45) is 11.7 Å². The number of hydrogen-bond donors (Lipinski definition) is 3. The van der Waals surface area contributed by atoms with Crippen LogP contribution in [0.4, 0.5) is 15.3 Å². The van der Waals surface area contributed by atoms with Crippen LogP contribution in [-0.4, -0.2) is 73.4 Å². The fourth-order valence-electron chi connectivity index (χ4n) is 3.75. The van der Waals surface area contributed by atoms with Crippen molar-refractivity contribution in [3.63, 3.8) is 0 Å². The van der Waals surface area contributed by atoms with Gasteiger partial charge in [0.05, 0.1) is 10.9 Å². The lowest BCUT2D eigenvalue weighted by molar-refractivity contribution is -0.150. The van der Waals surface area contributed by atoms with E-state index in [1.54, 1.807) is 41.5 Å². The summed E-state index contributed by atoms with van der Waals surface area (Å²) in [6.45, 7) is 17.7. The van der Waals surface area contributed by atoms with Crippen molar-refractivity contribution in [3.8, 4) is 0 Å². The zero-order valence-electron chi connectivity index (χ0n) is 27.4. The molecule has 0 bridgehead atoms. The predicted octanol–water partition coefficient (Wildman–Crippen LogP) is 5.02. The monoisotopic (exact) mass is 628 g/mol. The van der Waals surface area contributed by atoms with E-state index < -0.39 is 51.0 Å². The van der Waals surface area contributed by atoms with Gasteiger partial charge in [-0.05, 0) is 105 Å². The first-order valence-electron chi connectivity index (χ1n) is 14.6. The lowest BCUT2D eigenvalue weighted by Gasteiger charge is -2.32. The van der Waals surface area contributed by atoms with Crippen molar-refractivity contribution in [3.05, 3.63) is 24.3 Å². The van der Waals surface area contributed by atoms with Crippen molar-refractivity contribution < 1.29 is 37.0 Å². The Morgan fingerprint density at radius 3 is 1.91 bits per heavy atom. The van der Waals surface area contributed by atoms with Crippen LogP contribution in [0.5, 0.6) is 0 Å². The number of nitrogens with zero attached hydrogens (tertiary/aromatic N) is 1. The van der Waals surface area contributed by atoms with E-state index in [1.807, 2.05) is 13.8 Å². The number of nitrogens with two attached hydrogens (primary N) is 1. The third kappa shape index (κ3) is 14.9. The van der Waals surface area contributed by atoms with Gasteiger partial charge >= 0.3 is 18.2 Å². The van der Waals surface area contributed by atoms with Gasteiger partial charge in [-0.3, -0.25) is 10.1 Å². The molecule has 0 radical (unpaired) electrons. The zero-order chi connectivity index (χ0) is 33.2. The number of sulfonamides is 1. The maximum absolute atomic E-state index is 14.0. The van der Waals surface area contributed by atoms with Crippen LogP contribution in [0.3, 0.4) is 0 Å². The van der Waals surface area contributed by atoms with Gasteiger partial charge in [0, 0.05) is 18.8 Å². The molecule has 0 aliphatic heterocycles. The van der Waals surface area contributed by atoms with Crippen molar-refractivity contribution in [1.29, 1.82) is 0 Å². The Morgan fingerprint density at radius 2 is 1.42 bits per heavy atom. The highest BCUT2D eigenvalue weighted by Gasteiger charge is 2.34. The van der Waals surface area contributed by atoms with Crippen LogP contribution >= 0.6 is 0 Å². The molecule has 0 saturated carbocycles. The fourth-order valence-corrected chi connectivity index (χ4v) is 5.55. The summed E-state index contributed by atoms with van der Waals surface area (Å²) in [6, 6.07) is 5.09. The van der Waals surface area contributed by atoms with Gasteiger partial charge in [-0.1, -0.05) is 13.8 Å². The molecular weight excluding hydrogens is 576 g/mol. The van der Waals surface area contributed by atoms with Gasteiger partial charge in [-0.15, -0.1) is 0 Å². The third-order valence-electron chi connectivity index (χ3n) is 5.62. The Hall–Kier alpha value is -2.90. The molecule has 1 unspecified atom stereocenters. The molecule has 1 aromatic carbocycles. The van der Waals surface area contributed by atoms with Crippen LogP contribution in [0, 0.1) is 5.92 Å². The van der Waals surface area contributed by atoms with Crippen LogP contribution in [0.25, 0.3) is 0 Å². The molecule has 0 heterocycles. The second-order valence-corrected chi connectivity index (χ2v) is 15.4. The quantitative estimate of drug-likeness (QED) is 0.146. The number of esters is 1. The van der Waals surface area contributed by atoms with E-state index in [4.69, 9.17) is 19.9 Å². The Kier molecular flexibility index (Phi) is 13.9.